The van der Waals surface area contributed by atoms with Crippen molar-refractivity contribution in [3.63, 3.8) is 0 Å². The molecule has 0 aliphatic carbocycles. The van der Waals surface area contributed by atoms with Gasteiger partial charge in [-0.2, -0.15) is 0 Å². The Bertz CT molecular complexity index is 421. The number of aldehydes is 1. The van der Waals surface area contributed by atoms with E-state index in [2.05, 4.69) is 4.74 Å². The molecular formula is C12H12O4. The highest BCUT2D eigenvalue weighted by Crippen LogP contribution is 2.18. The van der Waals surface area contributed by atoms with Gasteiger partial charge in [0, 0.05) is 11.1 Å². The van der Waals surface area contributed by atoms with Gasteiger partial charge in [0.25, 0.3) is 0 Å². The first-order valence-electron chi connectivity index (χ1n) is 4.61. The molecule has 0 unspecified atom stereocenters. The van der Waals surface area contributed by atoms with Crippen molar-refractivity contribution < 1.29 is 19.1 Å². The number of carbonyl (C=O) groups excluding carboxylic acids is 2. The van der Waals surface area contributed by atoms with Crippen LogP contribution in [0.5, 0.6) is 0 Å². The Morgan fingerprint density at radius 3 is 2.44 bits per heavy atom. The fourth-order valence-electron chi connectivity index (χ4n) is 1.24. The van der Waals surface area contributed by atoms with Crippen LogP contribution in [0.1, 0.15) is 15.9 Å². The standard InChI is InChI=1S/C12H12O4/c1-15-11(7-12(14)16-2)10-6-4-3-5-9(10)8-13/h3-8H,1-2H3/b11-7+. The Balaban J connectivity index is 3.18. The lowest BCUT2D eigenvalue weighted by molar-refractivity contribution is -0.134. The predicted molar refractivity (Wildman–Crippen MR) is 58.8 cm³/mol. The molecule has 84 valence electrons. The molecule has 1 aromatic rings. The normalized spacial score (nSPS) is 10.8. The van der Waals surface area contributed by atoms with E-state index in [9.17, 15) is 9.59 Å². The van der Waals surface area contributed by atoms with E-state index < -0.39 is 5.97 Å². The van der Waals surface area contributed by atoms with Gasteiger partial charge >= 0.3 is 5.97 Å². The summed E-state index contributed by atoms with van der Waals surface area (Å²) in [5.74, 6) is -0.230. The first-order valence-corrected chi connectivity index (χ1v) is 4.61. The van der Waals surface area contributed by atoms with Crippen molar-refractivity contribution in [2.24, 2.45) is 0 Å². The highest BCUT2D eigenvalue weighted by molar-refractivity contribution is 5.93. The molecule has 0 aromatic heterocycles. The van der Waals surface area contributed by atoms with Crippen LogP contribution in [0.15, 0.2) is 30.3 Å². The molecule has 0 heterocycles. The third kappa shape index (κ3) is 2.70. The zero-order valence-electron chi connectivity index (χ0n) is 9.10. The number of hydrogen-bond acceptors (Lipinski definition) is 4. The lowest BCUT2D eigenvalue weighted by Crippen LogP contribution is -2.00. The van der Waals surface area contributed by atoms with E-state index in [0.29, 0.717) is 23.2 Å². The Morgan fingerprint density at radius 1 is 1.19 bits per heavy atom. The van der Waals surface area contributed by atoms with Crippen LogP contribution in [0.25, 0.3) is 5.76 Å². The average Bonchev–Trinajstić information content (AvgIpc) is 2.35. The SMILES string of the molecule is COC(=O)/C=C(/OC)c1ccccc1C=O. The summed E-state index contributed by atoms with van der Waals surface area (Å²) in [6, 6.07) is 6.83. The number of hydrogen-bond donors (Lipinski definition) is 0. The molecule has 0 fully saturated rings. The highest BCUT2D eigenvalue weighted by atomic mass is 16.5. The lowest BCUT2D eigenvalue weighted by atomic mass is 10.1. The third-order valence-electron chi connectivity index (χ3n) is 2.02. The zero-order chi connectivity index (χ0) is 12.0. The van der Waals surface area contributed by atoms with Crippen molar-refractivity contribution in [1.29, 1.82) is 0 Å². The number of benzene rings is 1. The Labute approximate surface area is 93.5 Å². The van der Waals surface area contributed by atoms with Crippen LogP contribution in [-0.2, 0) is 14.3 Å². The minimum atomic E-state index is -0.530. The molecule has 0 saturated carbocycles. The van der Waals surface area contributed by atoms with Crippen LogP contribution in [0.2, 0.25) is 0 Å². The molecular weight excluding hydrogens is 208 g/mol. The molecule has 4 nitrogen and oxygen atoms in total. The summed E-state index contributed by atoms with van der Waals surface area (Å²) in [6.45, 7) is 0. The Kier molecular flexibility index (Phi) is 4.27. The van der Waals surface area contributed by atoms with Gasteiger partial charge in [-0.05, 0) is 0 Å². The summed E-state index contributed by atoms with van der Waals surface area (Å²) in [5, 5.41) is 0. The van der Waals surface area contributed by atoms with E-state index in [0.717, 1.165) is 0 Å². The van der Waals surface area contributed by atoms with Crippen molar-refractivity contribution in [3.8, 4) is 0 Å². The molecule has 16 heavy (non-hydrogen) atoms. The van der Waals surface area contributed by atoms with E-state index in [1.165, 1.54) is 20.3 Å². The van der Waals surface area contributed by atoms with E-state index in [1.807, 2.05) is 0 Å². The maximum Gasteiger partial charge on any atom is 0.334 e. The van der Waals surface area contributed by atoms with E-state index in [-0.39, 0.29) is 0 Å². The predicted octanol–water partition coefficient (Wildman–Crippen LogP) is 1.66. The molecule has 0 aliphatic heterocycles. The van der Waals surface area contributed by atoms with Gasteiger partial charge in [0.15, 0.2) is 6.29 Å². The molecule has 1 aromatic carbocycles. The number of esters is 1. The van der Waals surface area contributed by atoms with Crippen molar-refractivity contribution in [1.82, 2.24) is 0 Å². The number of methoxy groups -OCH3 is 2. The average molecular weight is 220 g/mol. The highest BCUT2D eigenvalue weighted by Gasteiger charge is 2.09. The first kappa shape index (κ1) is 12.0. The van der Waals surface area contributed by atoms with Crippen LogP contribution < -0.4 is 0 Å². The van der Waals surface area contributed by atoms with Crippen molar-refractivity contribution >= 4 is 18.0 Å². The van der Waals surface area contributed by atoms with Crippen molar-refractivity contribution in [2.45, 2.75) is 0 Å². The van der Waals surface area contributed by atoms with Crippen LogP contribution in [0.3, 0.4) is 0 Å². The van der Waals surface area contributed by atoms with Gasteiger partial charge in [-0.15, -0.1) is 0 Å². The maximum atomic E-state index is 11.1. The summed E-state index contributed by atoms with van der Waals surface area (Å²) in [7, 11) is 2.70. The van der Waals surface area contributed by atoms with E-state index >= 15 is 0 Å². The van der Waals surface area contributed by atoms with Crippen molar-refractivity contribution in [2.75, 3.05) is 14.2 Å². The number of carbonyl (C=O) groups is 2. The second kappa shape index (κ2) is 5.70. The molecule has 0 atom stereocenters. The van der Waals surface area contributed by atoms with Gasteiger partial charge < -0.3 is 9.47 Å². The van der Waals surface area contributed by atoms with E-state index in [4.69, 9.17) is 4.74 Å². The smallest absolute Gasteiger partial charge is 0.334 e. The number of ether oxygens (including phenoxy) is 2. The van der Waals surface area contributed by atoms with Gasteiger partial charge in [-0.3, -0.25) is 4.79 Å². The Hall–Kier alpha value is -2.10. The van der Waals surface area contributed by atoms with Gasteiger partial charge in [0.05, 0.1) is 20.3 Å². The van der Waals surface area contributed by atoms with E-state index in [1.54, 1.807) is 24.3 Å². The molecule has 0 radical (unpaired) electrons. The minimum absolute atomic E-state index is 0.301. The topological polar surface area (TPSA) is 52.6 Å². The molecule has 1 rings (SSSR count). The van der Waals surface area contributed by atoms with Crippen molar-refractivity contribution in [3.05, 3.63) is 41.5 Å². The second-order valence-corrected chi connectivity index (χ2v) is 2.94. The fourth-order valence-corrected chi connectivity index (χ4v) is 1.24. The summed E-state index contributed by atoms with van der Waals surface area (Å²) in [4.78, 5) is 21.9. The third-order valence-corrected chi connectivity index (χ3v) is 2.02. The molecule has 0 spiro atoms. The molecule has 0 bridgehead atoms. The molecule has 0 saturated heterocycles. The summed E-state index contributed by atoms with van der Waals surface area (Å²) in [5.41, 5.74) is 1.02. The summed E-state index contributed by atoms with van der Waals surface area (Å²) in [6.07, 6.45) is 1.90. The molecule has 0 N–H and O–H groups in total. The second-order valence-electron chi connectivity index (χ2n) is 2.94. The fraction of sp³-hybridized carbons (Fsp3) is 0.167. The van der Waals surface area contributed by atoms with Gasteiger partial charge in [0.1, 0.15) is 5.76 Å². The zero-order valence-corrected chi connectivity index (χ0v) is 9.10. The van der Waals surface area contributed by atoms with Crippen LogP contribution in [0.4, 0.5) is 0 Å². The molecule has 0 aliphatic rings. The quantitative estimate of drug-likeness (QED) is 0.335. The summed E-state index contributed by atoms with van der Waals surface area (Å²) < 4.78 is 9.55. The maximum absolute atomic E-state index is 11.1. The van der Waals surface area contributed by atoms with Gasteiger partial charge in [0.2, 0.25) is 0 Å². The van der Waals surface area contributed by atoms with Crippen LogP contribution in [-0.4, -0.2) is 26.5 Å². The Morgan fingerprint density at radius 2 is 1.88 bits per heavy atom. The van der Waals surface area contributed by atoms with Crippen LogP contribution in [0, 0.1) is 0 Å². The van der Waals surface area contributed by atoms with Gasteiger partial charge in [-0.1, -0.05) is 24.3 Å². The molecule has 4 heteroatoms. The van der Waals surface area contributed by atoms with Gasteiger partial charge in [-0.25, -0.2) is 4.79 Å². The monoisotopic (exact) mass is 220 g/mol. The lowest BCUT2D eigenvalue weighted by Gasteiger charge is -2.07. The summed E-state index contributed by atoms with van der Waals surface area (Å²) >= 11 is 0. The first-order chi connectivity index (χ1) is 7.72. The molecule has 0 amide bonds. The largest absolute Gasteiger partial charge is 0.496 e. The van der Waals surface area contributed by atoms with Crippen LogP contribution >= 0.6 is 0 Å². The minimum Gasteiger partial charge on any atom is -0.496 e. The number of rotatable bonds is 4.